The maximum absolute atomic E-state index is 12.0. The van der Waals surface area contributed by atoms with Gasteiger partial charge >= 0.3 is 6.03 Å². The monoisotopic (exact) mass is 331 g/mol. The molecule has 0 radical (unpaired) electrons. The molecule has 3 N–H and O–H groups in total. The summed E-state index contributed by atoms with van der Waals surface area (Å²) in [6, 6.07) is 5.29. The van der Waals surface area contributed by atoms with E-state index in [4.69, 9.17) is 17.3 Å². The molecular formula is C12H15BrClN3O. The lowest BCUT2D eigenvalue weighted by atomic mass is 10.1. The summed E-state index contributed by atoms with van der Waals surface area (Å²) < 4.78 is 0.880. The van der Waals surface area contributed by atoms with Crippen LogP contribution in [-0.4, -0.2) is 30.1 Å². The number of hydrogen-bond donors (Lipinski definition) is 2. The zero-order chi connectivity index (χ0) is 13.1. The molecule has 1 heterocycles. The van der Waals surface area contributed by atoms with Gasteiger partial charge in [-0.05, 0) is 31.0 Å². The van der Waals surface area contributed by atoms with Gasteiger partial charge in [0.15, 0.2) is 0 Å². The number of anilines is 1. The number of urea groups is 1. The lowest BCUT2D eigenvalue weighted by molar-refractivity contribution is 0.193. The molecule has 0 saturated carbocycles. The lowest BCUT2D eigenvalue weighted by Gasteiger charge is -2.30. The molecule has 0 aromatic heterocycles. The Morgan fingerprint density at radius 2 is 2.33 bits per heavy atom. The van der Waals surface area contributed by atoms with Crippen LogP contribution >= 0.6 is 27.5 Å². The van der Waals surface area contributed by atoms with Crippen LogP contribution in [0, 0.1) is 0 Å². The summed E-state index contributed by atoms with van der Waals surface area (Å²) in [5.74, 6) is 0. The van der Waals surface area contributed by atoms with Crippen molar-refractivity contribution < 1.29 is 4.79 Å². The highest BCUT2D eigenvalue weighted by Gasteiger charge is 2.21. The van der Waals surface area contributed by atoms with E-state index in [1.807, 2.05) is 6.07 Å². The molecule has 0 unspecified atom stereocenters. The molecule has 0 spiro atoms. The molecule has 1 saturated heterocycles. The highest BCUT2D eigenvalue weighted by molar-refractivity contribution is 9.10. The first-order chi connectivity index (χ1) is 8.56. The summed E-state index contributed by atoms with van der Waals surface area (Å²) in [5, 5.41) is 3.32. The summed E-state index contributed by atoms with van der Waals surface area (Å²) >= 11 is 9.38. The van der Waals surface area contributed by atoms with Crippen molar-refractivity contribution >= 4 is 39.2 Å². The van der Waals surface area contributed by atoms with Gasteiger partial charge in [-0.25, -0.2) is 4.79 Å². The number of likely N-dealkylation sites (tertiary alicyclic amines) is 1. The van der Waals surface area contributed by atoms with Gasteiger partial charge in [0.2, 0.25) is 0 Å². The van der Waals surface area contributed by atoms with E-state index in [0.29, 0.717) is 17.3 Å². The molecular weight excluding hydrogens is 318 g/mol. The quantitative estimate of drug-likeness (QED) is 0.830. The van der Waals surface area contributed by atoms with Crippen molar-refractivity contribution in [2.45, 2.75) is 18.9 Å². The predicted molar refractivity (Wildman–Crippen MR) is 77.0 cm³/mol. The minimum atomic E-state index is -0.144. The third-order valence-corrected chi connectivity index (χ3v) is 3.72. The standard InChI is InChI=1S/C12H15BrClN3O/c13-8-3-4-11(10(14)6-8)16-12(18)17-5-1-2-9(15)7-17/h3-4,6,9H,1-2,5,7,15H2,(H,16,18)/t9-/m0/s1. The van der Waals surface area contributed by atoms with E-state index in [-0.39, 0.29) is 12.1 Å². The van der Waals surface area contributed by atoms with E-state index in [9.17, 15) is 4.79 Å². The van der Waals surface area contributed by atoms with E-state index in [1.165, 1.54) is 0 Å². The molecule has 0 bridgehead atoms. The van der Waals surface area contributed by atoms with Crippen LogP contribution in [-0.2, 0) is 0 Å². The van der Waals surface area contributed by atoms with Gasteiger partial charge < -0.3 is 16.0 Å². The van der Waals surface area contributed by atoms with Crippen LogP contribution in [0.25, 0.3) is 0 Å². The Morgan fingerprint density at radius 1 is 1.56 bits per heavy atom. The number of rotatable bonds is 1. The minimum absolute atomic E-state index is 0.0740. The van der Waals surface area contributed by atoms with Crippen LogP contribution in [0.4, 0.5) is 10.5 Å². The van der Waals surface area contributed by atoms with E-state index >= 15 is 0 Å². The van der Waals surface area contributed by atoms with Crippen molar-refractivity contribution in [3.8, 4) is 0 Å². The topological polar surface area (TPSA) is 58.4 Å². The molecule has 2 rings (SSSR count). The molecule has 1 aromatic carbocycles. The average Bonchev–Trinajstić information content (AvgIpc) is 2.32. The fourth-order valence-electron chi connectivity index (χ4n) is 1.98. The molecule has 1 aliphatic heterocycles. The summed E-state index contributed by atoms with van der Waals surface area (Å²) in [7, 11) is 0. The van der Waals surface area contributed by atoms with Crippen LogP contribution < -0.4 is 11.1 Å². The molecule has 1 aliphatic rings. The number of piperidine rings is 1. The molecule has 0 aliphatic carbocycles. The van der Waals surface area contributed by atoms with Crippen molar-refractivity contribution in [2.24, 2.45) is 5.73 Å². The zero-order valence-corrected chi connectivity index (χ0v) is 12.2. The Kier molecular flexibility index (Phi) is 4.48. The number of nitrogens with one attached hydrogen (secondary N) is 1. The van der Waals surface area contributed by atoms with E-state index in [0.717, 1.165) is 23.9 Å². The highest BCUT2D eigenvalue weighted by Crippen LogP contribution is 2.26. The number of amides is 2. The fraction of sp³-hybridized carbons (Fsp3) is 0.417. The van der Waals surface area contributed by atoms with Gasteiger partial charge in [-0.2, -0.15) is 0 Å². The van der Waals surface area contributed by atoms with Crippen LogP contribution in [0.15, 0.2) is 22.7 Å². The van der Waals surface area contributed by atoms with Crippen molar-refractivity contribution in [3.05, 3.63) is 27.7 Å². The predicted octanol–water partition coefficient (Wildman–Crippen LogP) is 3.06. The van der Waals surface area contributed by atoms with Gasteiger partial charge in [-0.1, -0.05) is 27.5 Å². The van der Waals surface area contributed by atoms with Gasteiger partial charge in [0.25, 0.3) is 0 Å². The molecule has 18 heavy (non-hydrogen) atoms. The minimum Gasteiger partial charge on any atom is -0.326 e. The summed E-state index contributed by atoms with van der Waals surface area (Å²) in [6.45, 7) is 1.34. The van der Waals surface area contributed by atoms with Crippen molar-refractivity contribution in [1.29, 1.82) is 0 Å². The van der Waals surface area contributed by atoms with Gasteiger partial charge in [0.05, 0.1) is 10.7 Å². The maximum Gasteiger partial charge on any atom is 0.321 e. The Bertz CT molecular complexity index is 455. The molecule has 2 amide bonds. The number of carbonyl (C=O) groups excluding carboxylic acids is 1. The van der Waals surface area contributed by atoms with Gasteiger partial charge in [-0.15, -0.1) is 0 Å². The molecule has 1 aromatic rings. The Morgan fingerprint density at radius 3 is 3.00 bits per heavy atom. The number of carbonyl (C=O) groups is 1. The smallest absolute Gasteiger partial charge is 0.321 e. The van der Waals surface area contributed by atoms with Crippen LogP contribution in [0.3, 0.4) is 0 Å². The van der Waals surface area contributed by atoms with Crippen LogP contribution in [0.1, 0.15) is 12.8 Å². The largest absolute Gasteiger partial charge is 0.326 e. The van der Waals surface area contributed by atoms with Crippen molar-refractivity contribution in [3.63, 3.8) is 0 Å². The zero-order valence-electron chi connectivity index (χ0n) is 9.83. The first-order valence-corrected chi connectivity index (χ1v) is 7.00. The lowest BCUT2D eigenvalue weighted by Crippen LogP contribution is -2.47. The Balaban J connectivity index is 2.02. The van der Waals surface area contributed by atoms with Crippen molar-refractivity contribution in [1.82, 2.24) is 4.90 Å². The van der Waals surface area contributed by atoms with Gasteiger partial charge in [0.1, 0.15) is 0 Å². The Hall–Kier alpha value is -0.780. The number of nitrogens with zero attached hydrogens (tertiary/aromatic N) is 1. The highest BCUT2D eigenvalue weighted by atomic mass is 79.9. The van der Waals surface area contributed by atoms with Crippen molar-refractivity contribution in [2.75, 3.05) is 18.4 Å². The van der Waals surface area contributed by atoms with E-state index in [1.54, 1.807) is 17.0 Å². The van der Waals surface area contributed by atoms with E-state index < -0.39 is 0 Å². The van der Waals surface area contributed by atoms with Gasteiger partial charge in [0, 0.05) is 23.6 Å². The third kappa shape index (κ3) is 3.37. The van der Waals surface area contributed by atoms with Crippen LogP contribution in [0.5, 0.6) is 0 Å². The number of nitrogens with two attached hydrogens (primary N) is 1. The second-order valence-corrected chi connectivity index (χ2v) is 5.73. The first-order valence-electron chi connectivity index (χ1n) is 5.83. The molecule has 6 heteroatoms. The summed E-state index contributed by atoms with van der Waals surface area (Å²) in [5.41, 5.74) is 6.47. The molecule has 1 atom stereocenters. The Labute approximate surface area is 120 Å². The number of benzene rings is 1. The molecule has 4 nitrogen and oxygen atoms in total. The summed E-state index contributed by atoms with van der Waals surface area (Å²) in [6.07, 6.45) is 1.92. The third-order valence-electron chi connectivity index (χ3n) is 2.92. The maximum atomic E-state index is 12.0. The molecule has 98 valence electrons. The summed E-state index contributed by atoms with van der Waals surface area (Å²) in [4.78, 5) is 13.8. The van der Waals surface area contributed by atoms with E-state index in [2.05, 4.69) is 21.2 Å². The van der Waals surface area contributed by atoms with Gasteiger partial charge in [-0.3, -0.25) is 0 Å². The second-order valence-electron chi connectivity index (χ2n) is 4.40. The first kappa shape index (κ1) is 13.6. The SMILES string of the molecule is N[C@H]1CCCN(C(=O)Nc2ccc(Br)cc2Cl)C1. The number of halogens is 2. The van der Waals surface area contributed by atoms with Crippen LogP contribution in [0.2, 0.25) is 5.02 Å². The second kappa shape index (κ2) is 5.91. The fourth-order valence-corrected chi connectivity index (χ4v) is 2.70. The molecule has 1 fully saturated rings. The average molecular weight is 333 g/mol. The number of hydrogen-bond acceptors (Lipinski definition) is 2. The normalized spacial score (nSPS) is 19.7.